The zero-order chi connectivity index (χ0) is 16.4. The lowest BCUT2D eigenvalue weighted by Gasteiger charge is -2.19. The van der Waals surface area contributed by atoms with Gasteiger partial charge in [-0.15, -0.1) is 0 Å². The van der Waals surface area contributed by atoms with Crippen molar-refractivity contribution in [2.24, 2.45) is 0 Å². The number of aromatic nitrogens is 2. The minimum Gasteiger partial charge on any atom is -0.383 e. The van der Waals surface area contributed by atoms with Gasteiger partial charge in [0.25, 0.3) is 0 Å². The average molecular weight is 315 g/mol. The van der Waals surface area contributed by atoms with Crippen LogP contribution >= 0.6 is 0 Å². The molecule has 1 heterocycles. The van der Waals surface area contributed by atoms with Gasteiger partial charge >= 0.3 is 0 Å². The Morgan fingerprint density at radius 2 is 1.62 bits per heavy atom. The Kier molecular flexibility index (Phi) is 3.91. The van der Waals surface area contributed by atoms with Gasteiger partial charge < -0.3 is 5.73 Å². The molecule has 3 aromatic rings. The van der Waals surface area contributed by atoms with Crippen LogP contribution in [-0.4, -0.2) is 9.78 Å². The Morgan fingerprint density at radius 1 is 0.917 bits per heavy atom. The molecule has 0 bridgehead atoms. The van der Waals surface area contributed by atoms with Gasteiger partial charge in [-0.3, -0.25) is 0 Å². The Hall–Kier alpha value is -2.81. The molecule has 1 atom stereocenters. The number of rotatable bonds is 3. The quantitative estimate of drug-likeness (QED) is 0.695. The van der Waals surface area contributed by atoms with Gasteiger partial charge in [0.2, 0.25) is 0 Å². The maximum Gasteiger partial charge on any atom is 0.131 e. The van der Waals surface area contributed by atoms with E-state index in [9.17, 15) is 0 Å². The number of hydrogen-bond acceptors (Lipinski definition) is 2. The van der Waals surface area contributed by atoms with Gasteiger partial charge in [0.05, 0.1) is 11.4 Å². The molecule has 24 heavy (non-hydrogen) atoms. The van der Waals surface area contributed by atoms with Gasteiger partial charge in [-0.25, -0.2) is 4.68 Å². The molecule has 2 aromatic carbocycles. The lowest BCUT2D eigenvalue weighted by molar-refractivity contribution is 0.620. The van der Waals surface area contributed by atoms with Crippen molar-refractivity contribution in [2.75, 3.05) is 5.73 Å². The molecule has 4 rings (SSSR count). The van der Waals surface area contributed by atoms with Crippen LogP contribution in [0.5, 0.6) is 0 Å². The second-order valence-corrected chi connectivity index (χ2v) is 6.24. The van der Waals surface area contributed by atoms with Gasteiger partial charge in [-0.05, 0) is 37.3 Å². The third-order valence-electron chi connectivity index (χ3n) is 4.68. The minimum atomic E-state index is 0.433. The maximum atomic E-state index is 6.58. The second kappa shape index (κ2) is 6.36. The predicted molar refractivity (Wildman–Crippen MR) is 99.1 cm³/mol. The van der Waals surface area contributed by atoms with E-state index >= 15 is 0 Å². The molecule has 3 nitrogen and oxygen atoms in total. The van der Waals surface area contributed by atoms with E-state index in [1.807, 2.05) is 41.1 Å². The summed E-state index contributed by atoms with van der Waals surface area (Å²) in [5, 5.41) is 4.89. The van der Waals surface area contributed by atoms with Crippen LogP contribution in [0.2, 0.25) is 0 Å². The van der Waals surface area contributed by atoms with E-state index in [4.69, 9.17) is 10.8 Å². The minimum absolute atomic E-state index is 0.433. The summed E-state index contributed by atoms with van der Waals surface area (Å²) in [6.45, 7) is 0. The second-order valence-electron chi connectivity index (χ2n) is 6.24. The fraction of sp³-hybridized carbons (Fsp3) is 0.190. The van der Waals surface area contributed by atoms with Crippen LogP contribution in [0.15, 0.2) is 72.8 Å². The van der Waals surface area contributed by atoms with E-state index < -0.39 is 0 Å². The molecule has 1 unspecified atom stereocenters. The lowest BCUT2D eigenvalue weighted by Crippen LogP contribution is -2.07. The van der Waals surface area contributed by atoms with Gasteiger partial charge in [-0.1, -0.05) is 60.7 Å². The number of nitrogen functional groups attached to an aromatic ring is 1. The van der Waals surface area contributed by atoms with Crippen molar-refractivity contribution in [3.8, 4) is 16.9 Å². The molecule has 1 aliphatic rings. The monoisotopic (exact) mass is 315 g/mol. The molecule has 0 spiro atoms. The zero-order valence-electron chi connectivity index (χ0n) is 13.6. The topological polar surface area (TPSA) is 43.8 Å². The summed E-state index contributed by atoms with van der Waals surface area (Å²) in [6, 6.07) is 20.5. The summed E-state index contributed by atoms with van der Waals surface area (Å²) < 4.78 is 1.88. The third kappa shape index (κ3) is 2.62. The average Bonchev–Trinajstić information content (AvgIpc) is 3.01. The highest BCUT2D eigenvalue weighted by Crippen LogP contribution is 2.40. The van der Waals surface area contributed by atoms with Crippen LogP contribution in [0.1, 0.15) is 30.7 Å². The number of hydrogen-bond donors (Lipinski definition) is 1. The summed E-state index contributed by atoms with van der Waals surface area (Å²) in [5.74, 6) is 1.20. The number of nitrogens with zero attached hydrogens (tertiary/aromatic N) is 2. The molecular formula is C21H21N3. The van der Waals surface area contributed by atoms with Crippen molar-refractivity contribution in [3.05, 3.63) is 78.4 Å². The van der Waals surface area contributed by atoms with Gasteiger partial charge in [0.15, 0.2) is 0 Å². The molecule has 0 amide bonds. The molecule has 2 N–H and O–H groups in total. The number of nitrogens with two attached hydrogens (primary N) is 1. The predicted octanol–water partition coefficient (Wildman–Crippen LogP) is 4.95. The summed E-state index contributed by atoms with van der Waals surface area (Å²) in [5.41, 5.74) is 10.9. The van der Waals surface area contributed by atoms with Gasteiger partial charge in [-0.2, -0.15) is 5.10 Å². The van der Waals surface area contributed by atoms with E-state index in [2.05, 4.69) is 36.4 Å². The first-order chi connectivity index (χ1) is 11.8. The summed E-state index contributed by atoms with van der Waals surface area (Å²) in [7, 11) is 0. The van der Waals surface area contributed by atoms with Crippen LogP contribution in [-0.2, 0) is 0 Å². The molecule has 1 aliphatic carbocycles. The first-order valence-electron chi connectivity index (χ1n) is 8.49. The van der Waals surface area contributed by atoms with Gasteiger partial charge in [0, 0.05) is 11.1 Å². The molecule has 0 saturated carbocycles. The first kappa shape index (κ1) is 14.8. The SMILES string of the molecule is Nc1c(C2CC=CCC2)c(-c2ccccc2)nn1-c1ccccc1. The summed E-state index contributed by atoms with van der Waals surface area (Å²) >= 11 is 0. The maximum absolute atomic E-state index is 6.58. The Balaban J connectivity index is 1.89. The molecule has 1 aromatic heterocycles. The standard InChI is InChI=1S/C21H21N3/c22-21-19(16-10-4-1-5-11-16)20(17-12-6-2-7-13-17)23-24(21)18-14-8-3-9-15-18/h1-4,6-9,12-16H,5,10-11,22H2. The van der Waals surface area contributed by atoms with E-state index in [1.165, 1.54) is 5.56 Å². The molecular weight excluding hydrogens is 294 g/mol. The van der Waals surface area contributed by atoms with Crippen molar-refractivity contribution in [2.45, 2.75) is 25.2 Å². The molecule has 3 heteroatoms. The fourth-order valence-electron chi connectivity index (χ4n) is 3.48. The highest BCUT2D eigenvalue weighted by Gasteiger charge is 2.25. The Labute approximate surface area is 142 Å². The normalized spacial score (nSPS) is 17.1. The van der Waals surface area contributed by atoms with Crippen LogP contribution in [0, 0.1) is 0 Å². The van der Waals surface area contributed by atoms with Crippen LogP contribution in [0.3, 0.4) is 0 Å². The summed E-state index contributed by atoms with van der Waals surface area (Å²) in [4.78, 5) is 0. The number of anilines is 1. The van der Waals surface area contributed by atoms with E-state index in [-0.39, 0.29) is 0 Å². The molecule has 0 saturated heterocycles. The zero-order valence-corrected chi connectivity index (χ0v) is 13.6. The molecule has 120 valence electrons. The Morgan fingerprint density at radius 3 is 2.29 bits per heavy atom. The van der Waals surface area contributed by atoms with Gasteiger partial charge in [0.1, 0.15) is 5.82 Å². The first-order valence-corrected chi connectivity index (χ1v) is 8.49. The number of para-hydroxylation sites is 1. The largest absolute Gasteiger partial charge is 0.383 e. The fourth-order valence-corrected chi connectivity index (χ4v) is 3.48. The molecule has 0 fully saturated rings. The number of benzene rings is 2. The van der Waals surface area contributed by atoms with Crippen molar-refractivity contribution in [1.29, 1.82) is 0 Å². The van der Waals surface area contributed by atoms with Crippen molar-refractivity contribution < 1.29 is 0 Å². The van der Waals surface area contributed by atoms with Crippen molar-refractivity contribution in [1.82, 2.24) is 9.78 Å². The summed E-state index contributed by atoms with van der Waals surface area (Å²) in [6.07, 6.45) is 7.79. The van der Waals surface area contributed by atoms with Crippen LogP contribution in [0.25, 0.3) is 16.9 Å². The highest BCUT2D eigenvalue weighted by atomic mass is 15.3. The van der Waals surface area contributed by atoms with E-state index in [0.29, 0.717) is 5.92 Å². The van der Waals surface area contributed by atoms with Crippen LogP contribution in [0.4, 0.5) is 5.82 Å². The lowest BCUT2D eigenvalue weighted by atomic mass is 9.86. The van der Waals surface area contributed by atoms with E-state index in [0.717, 1.165) is 42.0 Å². The third-order valence-corrected chi connectivity index (χ3v) is 4.68. The van der Waals surface area contributed by atoms with E-state index in [1.54, 1.807) is 0 Å². The molecule has 0 radical (unpaired) electrons. The smallest absolute Gasteiger partial charge is 0.131 e. The Bertz CT molecular complexity index is 848. The number of allylic oxidation sites excluding steroid dienone is 2. The molecule has 0 aliphatic heterocycles. The van der Waals surface area contributed by atoms with Crippen molar-refractivity contribution in [3.63, 3.8) is 0 Å². The van der Waals surface area contributed by atoms with Crippen LogP contribution < -0.4 is 5.73 Å². The van der Waals surface area contributed by atoms with Crippen molar-refractivity contribution >= 4 is 5.82 Å². The highest BCUT2D eigenvalue weighted by molar-refractivity contribution is 5.71.